The Bertz CT molecular complexity index is 1110. The van der Waals surface area contributed by atoms with Crippen LogP contribution in [-0.4, -0.2) is 33.8 Å². The third-order valence-electron chi connectivity index (χ3n) is 3.47. The number of benzene rings is 2. The van der Waals surface area contributed by atoms with Crippen LogP contribution in [0.3, 0.4) is 0 Å². The summed E-state index contributed by atoms with van der Waals surface area (Å²) < 4.78 is 31.2. The van der Waals surface area contributed by atoms with Gasteiger partial charge in [-0.1, -0.05) is 18.2 Å². The Labute approximate surface area is 146 Å². The topological polar surface area (TPSA) is 157 Å². The lowest BCUT2D eigenvalue weighted by Crippen LogP contribution is -2.08. The average Bonchev–Trinajstić information content (AvgIpc) is 3.03. The van der Waals surface area contributed by atoms with Gasteiger partial charge in [-0.25, -0.2) is 8.42 Å². The monoisotopic (exact) mass is 377 g/mol. The largest absolute Gasteiger partial charge is 0.504 e. The number of sulfone groups is 1. The summed E-state index contributed by atoms with van der Waals surface area (Å²) in [7, 11) is -4.46. The summed E-state index contributed by atoms with van der Waals surface area (Å²) in [6.45, 7) is 1.44. The van der Waals surface area contributed by atoms with Crippen molar-refractivity contribution < 1.29 is 28.0 Å². The minimum Gasteiger partial charge on any atom is -0.504 e. The van der Waals surface area contributed by atoms with Crippen LogP contribution in [0.5, 0.6) is 11.5 Å². The van der Waals surface area contributed by atoms with Gasteiger partial charge in [0, 0.05) is 6.92 Å². The lowest BCUT2D eigenvalue weighted by molar-refractivity contribution is -0.388. The van der Waals surface area contributed by atoms with E-state index in [1.165, 1.54) is 31.2 Å². The predicted molar refractivity (Wildman–Crippen MR) is 86.3 cm³/mol. The lowest BCUT2D eigenvalue weighted by Gasteiger charge is -2.11. The number of hydrogen-bond acceptors (Lipinski definition) is 9. The Hall–Kier alpha value is -3.47. The predicted octanol–water partition coefficient (Wildman–Crippen LogP) is 2.20. The molecule has 1 aromatic heterocycles. The van der Waals surface area contributed by atoms with E-state index in [0.29, 0.717) is 0 Å². The first-order chi connectivity index (χ1) is 12.2. The summed E-state index contributed by atoms with van der Waals surface area (Å²) in [6.07, 6.45) is 0. The van der Waals surface area contributed by atoms with E-state index in [9.17, 15) is 28.7 Å². The second-order valence-electron chi connectivity index (χ2n) is 5.17. The van der Waals surface area contributed by atoms with Crippen LogP contribution in [-0.2, 0) is 9.84 Å². The number of nitro benzene ring substituents is 1. The number of aryl methyl sites for hydroxylation is 1. The van der Waals surface area contributed by atoms with Crippen LogP contribution in [0.2, 0.25) is 0 Å². The molecule has 0 spiro atoms. The summed E-state index contributed by atoms with van der Waals surface area (Å²) in [4.78, 5) is 9.27. The van der Waals surface area contributed by atoms with Crippen LogP contribution in [0.15, 0.2) is 50.6 Å². The number of rotatable bonds is 4. The fraction of sp³-hybridized carbons (Fsp3) is 0.0667. The molecule has 0 amide bonds. The van der Waals surface area contributed by atoms with Crippen LogP contribution in [0.1, 0.15) is 5.89 Å². The molecule has 3 aromatic rings. The minimum atomic E-state index is -4.46. The zero-order chi connectivity index (χ0) is 19.1. The maximum Gasteiger partial charge on any atom is 0.334 e. The highest BCUT2D eigenvalue weighted by molar-refractivity contribution is 7.91. The first-order valence-electron chi connectivity index (χ1n) is 7.07. The molecule has 134 valence electrons. The fourth-order valence-corrected chi connectivity index (χ4v) is 3.96. The molecule has 0 aliphatic rings. The van der Waals surface area contributed by atoms with E-state index in [2.05, 4.69) is 10.2 Å². The van der Waals surface area contributed by atoms with Gasteiger partial charge in [-0.2, -0.15) is 0 Å². The van der Waals surface area contributed by atoms with Crippen molar-refractivity contribution in [1.82, 2.24) is 10.2 Å². The van der Waals surface area contributed by atoms with Gasteiger partial charge in [-0.3, -0.25) is 10.1 Å². The maximum absolute atomic E-state index is 13.0. The molecule has 0 saturated carbocycles. The Morgan fingerprint density at radius 3 is 2.35 bits per heavy atom. The molecule has 0 aliphatic carbocycles. The van der Waals surface area contributed by atoms with Gasteiger partial charge in [-0.15, -0.1) is 10.2 Å². The van der Waals surface area contributed by atoms with Crippen molar-refractivity contribution in [2.45, 2.75) is 16.7 Å². The molecule has 1 heterocycles. The molecule has 0 aliphatic heterocycles. The van der Waals surface area contributed by atoms with E-state index in [1.54, 1.807) is 6.07 Å². The SMILES string of the molecule is Cc1nnc(-c2cc(O)c(O)c([N+](=O)[O-])c2S(=O)(=O)c2ccccc2)o1. The van der Waals surface area contributed by atoms with Gasteiger partial charge in [0.05, 0.1) is 15.4 Å². The van der Waals surface area contributed by atoms with Crippen molar-refractivity contribution in [2.24, 2.45) is 0 Å². The van der Waals surface area contributed by atoms with Crippen molar-refractivity contribution in [3.05, 3.63) is 52.4 Å². The van der Waals surface area contributed by atoms with Crippen LogP contribution < -0.4 is 0 Å². The Balaban J connectivity index is 2.46. The van der Waals surface area contributed by atoms with E-state index in [4.69, 9.17) is 4.42 Å². The molecule has 3 rings (SSSR count). The fourth-order valence-electron chi connectivity index (χ4n) is 2.35. The molecular weight excluding hydrogens is 366 g/mol. The van der Waals surface area contributed by atoms with Crippen molar-refractivity contribution in [3.63, 3.8) is 0 Å². The second kappa shape index (κ2) is 6.11. The van der Waals surface area contributed by atoms with E-state index in [0.717, 1.165) is 6.07 Å². The highest BCUT2D eigenvalue weighted by Gasteiger charge is 2.38. The summed E-state index contributed by atoms with van der Waals surface area (Å²) in [6, 6.07) is 7.76. The molecule has 0 atom stereocenters. The third-order valence-corrected chi connectivity index (χ3v) is 5.31. The highest BCUT2D eigenvalue weighted by atomic mass is 32.2. The van der Waals surface area contributed by atoms with Crippen LogP contribution in [0, 0.1) is 17.0 Å². The molecule has 11 heteroatoms. The van der Waals surface area contributed by atoms with Gasteiger partial charge in [0.2, 0.25) is 27.4 Å². The zero-order valence-corrected chi connectivity index (χ0v) is 14.0. The smallest absolute Gasteiger partial charge is 0.334 e. The van der Waals surface area contributed by atoms with Crippen LogP contribution in [0.4, 0.5) is 5.69 Å². The van der Waals surface area contributed by atoms with Crippen molar-refractivity contribution >= 4 is 15.5 Å². The second-order valence-corrected chi connectivity index (χ2v) is 7.06. The summed E-state index contributed by atoms with van der Waals surface area (Å²) in [5, 5.41) is 38.4. The van der Waals surface area contributed by atoms with Gasteiger partial charge in [0.1, 0.15) is 0 Å². The zero-order valence-electron chi connectivity index (χ0n) is 13.1. The van der Waals surface area contributed by atoms with Gasteiger partial charge < -0.3 is 14.6 Å². The first kappa shape index (κ1) is 17.4. The molecule has 2 aromatic carbocycles. The van der Waals surface area contributed by atoms with Crippen LogP contribution >= 0.6 is 0 Å². The Kier molecular flexibility index (Phi) is 4.08. The number of nitrogens with zero attached hydrogens (tertiary/aromatic N) is 3. The number of phenolic OH excluding ortho intramolecular Hbond substituents is 2. The third kappa shape index (κ3) is 2.73. The van der Waals surface area contributed by atoms with E-state index >= 15 is 0 Å². The highest BCUT2D eigenvalue weighted by Crippen LogP contribution is 2.47. The van der Waals surface area contributed by atoms with E-state index in [-0.39, 0.29) is 16.7 Å². The van der Waals surface area contributed by atoms with Crippen molar-refractivity contribution in [3.8, 4) is 23.0 Å². The van der Waals surface area contributed by atoms with E-state index in [1.807, 2.05) is 0 Å². The standard InChI is InChI=1S/C15H11N3O7S/c1-8-16-17-15(25-8)10-7-11(19)13(20)12(18(21)22)14(10)26(23,24)9-5-3-2-4-6-9/h2-7,19-20H,1H3. The average molecular weight is 377 g/mol. The molecule has 2 N–H and O–H groups in total. The summed E-state index contributed by atoms with van der Waals surface area (Å²) in [5.41, 5.74) is -1.57. The molecule has 10 nitrogen and oxygen atoms in total. The summed E-state index contributed by atoms with van der Waals surface area (Å²) in [5.74, 6) is -2.34. The lowest BCUT2D eigenvalue weighted by atomic mass is 10.1. The maximum atomic E-state index is 13.0. The van der Waals surface area contributed by atoms with Gasteiger partial charge in [0.15, 0.2) is 10.6 Å². The number of aromatic nitrogens is 2. The quantitative estimate of drug-likeness (QED) is 0.395. The molecular formula is C15H11N3O7S. The number of aromatic hydroxyl groups is 2. The summed E-state index contributed by atoms with van der Waals surface area (Å²) >= 11 is 0. The Morgan fingerprint density at radius 2 is 1.81 bits per heavy atom. The molecule has 0 bridgehead atoms. The molecule has 0 fully saturated rings. The number of nitro groups is 1. The number of hydrogen-bond donors (Lipinski definition) is 2. The van der Waals surface area contributed by atoms with Crippen molar-refractivity contribution in [2.75, 3.05) is 0 Å². The van der Waals surface area contributed by atoms with E-state index < -0.39 is 42.4 Å². The number of phenols is 2. The normalized spacial score (nSPS) is 11.4. The van der Waals surface area contributed by atoms with Crippen molar-refractivity contribution in [1.29, 1.82) is 0 Å². The Morgan fingerprint density at radius 1 is 1.15 bits per heavy atom. The van der Waals surface area contributed by atoms with Gasteiger partial charge in [0.25, 0.3) is 0 Å². The first-order valence-corrected chi connectivity index (χ1v) is 8.55. The molecule has 0 radical (unpaired) electrons. The molecule has 0 saturated heterocycles. The molecule has 26 heavy (non-hydrogen) atoms. The van der Waals surface area contributed by atoms with Crippen LogP contribution in [0.25, 0.3) is 11.5 Å². The minimum absolute atomic E-state index is 0.0817. The molecule has 0 unspecified atom stereocenters. The van der Waals surface area contributed by atoms with Gasteiger partial charge in [-0.05, 0) is 18.2 Å². The van der Waals surface area contributed by atoms with Gasteiger partial charge >= 0.3 is 5.69 Å².